The molecule has 1 aliphatic rings. The van der Waals surface area contributed by atoms with Crippen LogP contribution in [0.2, 0.25) is 0 Å². The summed E-state index contributed by atoms with van der Waals surface area (Å²) in [6, 6.07) is 2.04. The highest BCUT2D eigenvalue weighted by atomic mass is 19.4. The van der Waals surface area contributed by atoms with E-state index in [-0.39, 0.29) is 23.1 Å². The van der Waals surface area contributed by atoms with Crippen molar-refractivity contribution in [1.82, 2.24) is 9.88 Å². The van der Waals surface area contributed by atoms with Crippen LogP contribution in [0.1, 0.15) is 28.2 Å². The molecule has 7 heteroatoms. The lowest BCUT2D eigenvalue weighted by molar-refractivity contribution is -0.141. The fourth-order valence-corrected chi connectivity index (χ4v) is 2.32. The number of aromatic nitrogens is 1. The Morgan fingerprint density at radius 3 is 2.70 bits per heavy atom. The second-order valence-corrected chi connectivity index (χ2v) is 4.97. The molecule has 0 bridgehead atoms. The molecule has 0 aromatic carbocycles. The van der Waals surface area contributed by atoms with Gasteiger partial charge in [-0.3, -0.25) is 4.79 Å². The number of halogens is 3. The zero-order valence-corrected chi connectivity index (χ0v) is 11.1. The maximum atomic E-state index is 12.5. The van der Waals surface area contributed by atoms with E-state index < -0.39 is 11.9 Å². The first-order valence-corrected chi connectivity index (χ1v) is 6.37. The van der Waals surface area contributed by atoms with Crippen LogP contribution in [-0.2, 0) is 6.18 Å². The molecule has 0 spiro atoms. The summed E-state index contributed by atoms with van der Waals surface area (Å²) in [5, 5.41) is 0. The molecule has 1 aromatic heterocycles. The van der Waals surface area contributed by atoms with Crippen molar-refractivity contribution < 1.29 is 18.0 Å². The highest BCUT2D eigenvalue weighted by Gasteiger charge is 2.34. The van der Waals surface area contributed by atoms with Gasteiger partial charge in [-0.1, -0.05) is 0 Å². The Balaban J connectivity index is 2.19. The molecule has 1 amide bonds. The second-order valence-electron chi connectivity index (χ2n) is 4.97. The smallest absolute Gasteiger partial charge is 0.338 e. The molecule has 1 unspecified atom stereocenters. The van der Waals surface area contributed by atoms with Gasteiger partial charge in [0.1, 0.15) is 5.69 Å². The first-order valence-electron chi connectivity index (χ1n) is 6.37. The van der Waals surface area contributed by atoms with Gasteiger partial charge >= 0.3 is 6.18 Å². The molecule has 1 aliphatic heterocycles. The molecule has 110 valence electrons. The Kier molecular flexibility index (Phi) is 3.99. The largest absolute Gasteiger partial charge is 0.433 e. The predicted molar refractivity (Wildman–Crippen MR) is 67.0 cm³/mol. The van der Waals surface area contributed by atoms with E-state index in [4.69, 9.17) is 5.73 Å². The van der Waals surface area contributed by atoms with Crippen molar-refractivity contribution >= 4 is 5.91 Å². The zero-order valence-electron chi connectivity index (χ0n) is 11.1. The molecule has 1 atom stereocenters. The Morgan fingerprint density at radius 1 is 1.50 bits per heavy atom. The van der Waals surface area contributed by atoms with Crippen molar-refractivity contribution in [1.29, 1.82) is 0 Å². The Labute approximate surface area is 114 Å². The summed E-state index contributed by atoms with van der Waals surface area (Å²) in [6.07, 6.45) is -3.67. The Hall–Kier alpha value is -1.63. The summed E-state index contributed by atoms with van der Waals surface area (Å²) in [6.45, 7) is 3.06. The number of hydrogen-bond acceptors (Lipinski definition) is 3. The third-order valence-corrected chi connectivity index (χ3v) is 3.51. The summed E-state index contributed by atoms with van der Waals surface area (Å²) in [7, 11) is 0. The number of aryl methyl sites for hydroxylation is 1. The molecule has 20 heavy (non-hydrogen) atoms. The van der Waals surface area contributed by atoms with Crippen LogP contribution in [0, 0.1) is 12.8 Å². The topological polar surface area (TPSA) is 59.2 Å². The van der Waals surface area contributed by atoms with Crippen molar-refractivity contribution in [2.24, 2.45) is 11.7 Å². The van der Waals surface area contributed by atoms with E-state index in [0.717, 1.165) is 12.5 Å². The van der Waals surface area contributed by atoms with E-state index in [9.17, 15) is 18.0 Å². The Morgan fingerprint density at radius 2 is 2.20 bits per heavy atom. The molecule has 0 radical (unpaired) electrons. The summed E-state index contributed by atoms with van der Waals surface area (Å²) < 4.78 is 37.6. The molecular weight excluding hydrogens is 271 g/mol. The van der Waals surface area contributed by atoms with Crippen molar-refractivity contribution in [2.75, 3.05) is 19.6 Å². The average Bonchev–Trinajstić information content (AvgIpc) is 2.85. The fraction of sp³-hybridized carbons (Fsp3) is 0.538. The minimum atomic E-state index is -4.50. The highest BCUT2D eigenvalue weighted by Crippen LogP contribution is 2.28. The number of nitrogens with zero attached hydrogens (tertiary/aromatic N) is 2. The van der Waals surface area contributed by atoms with E-state index in [1.807, 2.05) is 0 Å². The number of alkyl halides is 3. The molecule has 2 heterocycles. The third-order valence-electron chi connectivity index (χ3n) is 3.51. The molecule has 1 fully saturated rings. The number of likely N-dealkylation sites (tertiary alicyclic amines) is 1. The summed E-state index contributed by atoms with van der Waals surface area (Å²) >= 11 is 0. The highest BCUT2D eigenvalue weighted by molar-refractivity contribution is 5.95. The molecule has 4 nitrogen and oxygen atoms in total. The molecule has 1 aromatic rings. The molecular formula is C13H16F3N3O. The van der Waals surface area contributed by atoms with Crippen molar-refractivity contribution in [3.05, 3.63) is 29.1 Å². The van der Waals surface area contributed by atoms with Crippen molar-refractivity contribution in [2.45, 2.75) is 19.5 Å². The molecule has 1 saturated heterocycles. The molecule has 2 rings (SSSR count). The first kappa shape index (κ1) is 14.8. The quantitative estimate of drug-likeness (QED) is 0.902. The number of hydrogen-bond donors (Lipinski definition) is 1. The number of carbonyl (C=O) groups is 1. The van der Waals surface area contributed by atoms with Crippen LogP contribution < -0.4 is 5.73 Å². The van der Waals surface area contributed by atoms with Gasteiger partial charge in [0.05, 0.1) is 11.3 Å². The normalized spacial score (nSPS) is 19.4. The standard InChI is InChI=1S/C13H16F3N3O/c1-8-10(2-3-11(18-8)13(14,15)16)12(20)19-5-4-9(6-17)7-19/h2-3,9H,4-7,17H2,1H3. The van der Waals surface area contributed by atoms with E-state index >= 15 is 0 Å². The van der Waals surface area contributed by atoms with E-state index in [2.05, 4.69) is 4.98 Å². The van der Waals surface area contributed by atoms with Gasteiger partial charge in [0.25, 0.3) is 5.91 Å². The van der Waals surface area contributed by atoms with Gasteiger partial charge in [0.2, 0.25) is 0 Å². The number of nitrogens with two attached hydrogens (primary N) is 1. The predicted octanol–water partition coefficient (Wildman–Crippen LogP) is 1.83. The average molecular weight is 287 g/mol. The minimum Gasteiger partial charge on any atom is -0.338 e. The van der Waals surface area contributed by atoms with Crippen LogP contribution in [0.15, 0.2) is 12.1 Å². The van der Waals surface area contributed by atoms with Crippen molar-refractivity contribution in [3.63, 3.8) is 0 Å². The number of pyridine rings is 1. The van der Waals surface area contributed by atoms with E-state index in [1.54, 1.807) is 4.90 Å². The first-order chi connectivity index (χ1) is 9.32. The summed E-state index contributed by atoms with van der Waals surface area (Å²) in [4.78, 5) is 17.4. The number of rotatable bonds is 2. The Bertz CT molecular complexity index is 516. The van der Waals surface area contributed by atoms with Gasteiger partial charge < -0.3 is 10.6 Å². The number of amides is 1. The van der Waals surface area contributed by atoms with Gasteiger partial charge in [-0.25, -0.2) is 4.98 Å². The van der Waals surface area contributed by atoms with Gasteiger partial charge in [-0.2, -0.15) is 13.2 Å². The lowest BCUT2D eigenvalue weighted by Gasteiger charge is -2.18. The van der Waals surface area contributed by atoms with Crippen LogP contribution in [0.25, 0.3) is 0 Å². The van der Waals surface area contributed by atoms with Crippen molar-refractivity contribution in [3.8, 4) is 0 Å². The molecule has 0 saturated carbocycles. The van der Waals surface area contributed by atoms with Crippen LogP contribution in [0.4, 0.5) is 13.2 Å². The van der Waals surface area contributed by atoms with E-state index in [1.165, 1.54) is 13.0 Å². The zero-order chi connectivity index (χ0) is 14.9. The maximum absolute atomic E-state index is 12.5. The van der Waals surface area contributed by atoms with Gasteiger partial charge in [-0.05, 0) is 37.9 Å². The lowest BCUT2D eigenvalue weighted by atomic mass is 10.1. The van der Waals surface area contributed by atoms with Crippen LogP contribution in [0.5, 0.6) is 0 Å². The van der Waals surface area contributed by atoms with Crippen LogP contribution in [-0.4, -0.2) is 35.4 Å². The van der Waals surface area contributed by atoms with E-state index in [0.29, 0.717) is 19.6 Å². The summed E-state index contributed by atoms with van der Waals surface area (Å²) in [5.41, 5.74) is 4.89. The second kappa shape index (κ2) is 5.40. The van der Waals surface area contributed by atoms with Crippen LogP contribution >= 0.6 is 0 Å². The number of carbonyl (C=O) groups excluding carboxylic acids is 1. The van der Waals surface area contributed by atoms with Gasteiger partial charge in [-0.15, -0.1) is 0 Å². The lowest BCUT2D eigenvalue weighted by Crippen LogP contribution is -2.30. The van der Waals surface area contributed by atoms with Gasteiger partial charge in [0.15, 0.2) is 0 Å². The maximum Gasteiger partial charge on any atom is 0.433 e. The summed E-state index contributed by atoms with van der Waals surface area (Å²) in [5.74, 6) is -0.0126. The molecule has 0 aliphatic carbocycles. The van der Waals surface area contributed by atoms with Gasteiger partial charge in [0, 0.05) is 13.1 Å². The minimum absolute atomic E-state index is 0.0982. The van der Waals surface area contributed by atoms with Crippen LogP contribution in [0.3, 0.4) is 0 Å². The third kappa shape index (κ3) is 2.92. The monoisotopic (exact) mass is 287 g/mol. The SMILES string of the molecule is Cc1nc(C(F)(F)F)ccc1C(=O)N1CCC(CN)C1. The molecule has 2 N–H and O–H groups in total. The fourth-order valence-electron chi connectivity index (χ4n) is 2.32.